The second-order valence-electron chi connectivity index (χ2n) is 7.22. The van der Waals surface area contributed by atoms with Crippen LogP contribution in [0.4, 0.5) is 0 Å². The van der Waals surface area contributed by atoms with Crippen molar-refractivity contribution in [3.05, 3.63) is 77.1 Å². The smallest absolute Gasteiger partial charge is 0.290 e. The Bertz CT molecular complexity index is 1050. The van der Waals surface area contributed by atoms with Crippen molar-refractivity contribution in [1.82, 2.24) is 4.90 Å². The van der Waals surface area contributed by atoms with Crippen molar-refractivity contribution in [2.24, 2.45) is 0 Å². The molecule has 2 N–H and O–H groups in total. The van der Waals surface area contributed by atoms with E-state index in [1.807, 2.05) is 30.3 Å². The summed E-state index contributed by atoms with van der Waals surface area (Å²) in [6, 6.07) is 13.4. The minimum Gasteiger partial charge on any atom is -0.503 e. The Balaban J connectivity index is 2.02. The van der Waals surface area contributed by atoms with Gasteiger partial charge in [-0.1, -0.05) is 36.4 Å². The van der Waals surface area contributed by atoms with E-state index >= 15 is 0 Å². The standard InChI is InChI=1S/C25H27NO7/c1-31-18-9-11-21(32-2)19(16-18)23-22(20(28)10-8-17-6-4-3-5-7-17)24(29)25(30)26(23)12-14-33-15-13-27/h3-11,16,23,27,29H,12-15H2,1-2H3/b10-8+. The summed E-state index contributed by atoms with van der Waals surface area (Å²) in [5, 5.41) is 19.6. The molecule has 0 spiro atoms. The average Bonchev–Trinajstić information content (AvgIpc) is 3.10. The van der Waals surface area contributed by atoms with Gasteiger partial charge in [0.2, 0.25) is 0 Å². The molecule has 1 amide bonds. The first kappa shape index (κ1) is 24.0. The molecular formula is C25H27NO7. The lowest BCUT2D eigenvalue weighted by atomic mass is 9.94. The van der Waals surface area contributed by atoms with Crippen molar-refractivity contribution in [3.63, 3.8) is 0 Å². The molecule has 8 nitrogen and oxygen atoms in total. The minimum atomic E-state index is -0.909. The first-order valence-corrected chi connectivity index (χ1v) is 10.4. The van der Waals surface area contributed by atoms with Gasteiger partial charge >= 0.3 is 0 Å². The first-order valence-electron chi connectivity index (χ1n) is 10.4. The lowest BCUT2D eigenvalue weighted by Crippen LogP contribution is -2.34. The Morgan fingerprint density at radius 1 is 1.09 bits per heavy atom. The summed E-state index contributed by atoms with van der Waals surface area (Å²) in [6.07, 6.45) is 2.96. The summed E-state index contributed by atoms with van der Waals surface area (Å²) in [7, 11) is 2.99. The van der Waals surface area contributed by atoms with E-state index in [0.29, 0.717) is 17.1 Å². The summed E-state index contributed by atoms with van der Waals surface area (Å²) < 4.78 is 16.1. The molecule has 1 aliphatic heterocycles. The van der Waals surface area contributed by atoms with Gasteiger partial charge in [-0.25, -0.2) is 0 Å². The van der Waals surface area contributed by atoms with Crippen molar-refractivity contribution in [1.29, 1.82) is 0 Å². The third-order valence-electron chi connectivity index (χ3n) is 5.24. The number of hydrogen-bond acceptors (Lipinski definition) is 7. The molecule has 0 bridgehead atoms. The highest BCUT2D eigenvalue weighted by Crippen LogP contribution is 2.42. The van der Waals surface area contributed by atoms with Crippen LogP contribution in [-0.2, 0) is 14.3 Å². The van der Waals surface area contributed by atoms with Crippen LogP contribution in [0.5, 0.6) is 11.5 Å². The number of ketones is 1. The number of rotatable bonds is 11. The number of benzene rings is 2. The average molecular weight is 453 g/mol. The van der Waals surface area contributed by atoms with Crippen LogP contribution in [0.1, 0.15) is 17.2 Å². The molecule has 2 aromatic rings. The van der Waals surface area contributed by atoms with E-state index < -0.39 is 23.5 Å². The molecule has 8 heteroatoms. The van der Waals surface area contributed by atoms with Crippen LogP contribution >= 0.6 is 0 Å². The summed E-state index contributed by atoms with van der Waals surface area (Å²) in [4.78, 5) is 27.5. The van der Waals surface area contributed by atoms with Gasteiger partial charge in [-0.2, -0.15) is 0 Å². The number of aliphatic hydroxyl groups is 2. The molecule has 3 rings (SSSR count). The van der Waals surface area contributed by atoms with Crippen LogP contribution in [-0.4, -0.2) is 67.4 Å². The summed E-state index contributed by atoms with van der Waals surface area (Å²) >= 11 is 0. The normalized spacial score (nSPS) is 16.0. The lowest BCUT2D eigenvalue weighted by Gasteiger charge is -2.28. The van der Waals surface area contributed by atoms with Crippen molar-refractivity contribution < 1.29 is 34.0 Å². The van der Waals surface area contributed by atoms with Crippen LogP contribution in [0, 0.1) is 0 Å². The number of allylic oxidation sites excluding steroid dienone is 1. The van der Waals surface area contributed by atoms with E-state index in [-0.39, 0.29) is 31.9 Å². The van der Waals surface area contributed by atoms with Gasteiger partial charge in [-0.3, -0.25) is 9.59 Å². The molecular weight excluding hydrogens is 426 g/mol. The highest BCUT2D eigenvalue weighted by Gasteiger charge is 2.44. The zero-order valence-electron chi connectivity index (χ0n) is 18.6. The second kappa shape index (κ2) is 11.3. The van der Waals surface area contributed by atoms with E-state index in [1.54, 1.807) is 24.3 Å². The van der Waals surface area contributed by atoms with Crippen molar-refractivity contribution >= 4 is 17.8 Å². The number of carbonyl (C=O) groups excluding carboxylic acids is 2. The van der Waals surface area contributed by atoms with E-state index in [1.165, 1.54) is 25.2 Å². The van der Waals surface area contributed by atoms with E-state index in [2.05, 4.69) is 0 Å². The van der Waals surface area contributed by atoms with E-state index in [9.17, 15) is 14.7 Å². The second-order valence-corrected chi connectivity index (χ2v) is 7.22. The Morgan fingerprint density at radius 2 is 1.85 bits per heavy atom. The summed E-state index contributed by atoms with van der Waals surface area (Å²) in [6.45, 7) is 0.162. The SMILES string of the molecule is COc1ccc(OC)c(C2C(C(=O)/C=C/c3ccccc3)=C(O)C(=O)N2CCOCCO)c1. The predicted octanol–water partition coefficient (Wildman–Crippen LogP) is 2.69. The van der Waals surface area contributed by atoms with Crippen LogP contribution in [0.3, 0.4) is 0 Å². The third kappa shape index (κ3) is 5.42. The fourth-order valence-electron chi connectivity index (χ4n) is 3.67. The Labute approximate surface area is 192 Å². The Hall–Kier alpha value is -3.62. The molecule has 0 saturated carbocycles. The topological polar surface area (TPSA) is 106 Å². The zero-order valence-corrected chi connectivity index (χ0v) is 18.6. The largest absolute Gasteiger partial charge is 0.503 e. The fraction of sp³-hybridized carbons (Fsp3) is 0.280. The maximum absolute atomic E-state index is 13.2. The van der Waals surface area contributed by atoms with Gasteiger partial charge < -0.3 is 29.3 Å². The molecule has 0 saturated heterocycles. The number of methoxy groups -OCH3 is 2. The number of amides is 1. The number of nitrogens with zero attached hydrogens (tertiary/aromatic N) is 1. The lowest BCUT2D eigenvalue weighted by molar-refractivity contribution is -0.130. The van der Waals surface area contributed by atoms with Gasteiger partial charge in [-0.15, -0.1) is 0 Å². The molecule has 1 aliphatic rings. The van der Waals surface area contributed by atoms with Crippen molar-refractivity contribution in [3.8, 4) is 11.5 Å². The molecule has 0 fully saturated rings. The van der Waals surface area contributed by atoms with Gasteiger partial charge in [0, 0.05) is 12.1 Å². The van der Waals surface area contributed by atoms with Crippen LogP contribution < -0.4 is 9.47 Å². The number of ether oxygens (including phenoxy) is 3. The molecule has 1 unspecified atom stereocenters. The van der Waals surface area contributed by atoms with Gasteiger partial charge in [0.1, 0.15) is 11.5 Å². The Morgan fingerprint density at radius 3 is 2.52 bits per heavy atom. The van der Waals surface area contributed by atoms with Gasteiger partial charge in [0.05, 0.1) is 45.7 Å². The quantitative estimate of drug-likeness (QED) is 0.398. The predicted molar refractivity (Wildman–Crippen MR) is 122 cm³/mol. The van der Waals surface area contributed by atoms with Gasteiger partial charge in [0.15, 0.2) is 11.5 Å². The molecule has 0 aromatic heterocycles. The van der Waals surface area contributed by atoms with E-state index in [0.717, 1.165) is 5.56 Å². The maximum atomic E-state index is 13.2. The van der Waals surface area contributed by atoms with Crippen molar-refractivity contribution in [2.45, 2.75) is 6.04 Å². The molecule has 1 atom stereocenters. The zero-order chi connectivity index (χ0) is 23.8. The molecule has 174 valence electrons. The summed E-state index contributed by atoms with van der Waals surface area (Å²) in [5.41, 5.74) is 1.24. The number of hydrogen-bond donors (Lipinski definition) is 2. The van der Waals surface area contributed by atoms with Crippen LogP contribution in [0.15, 0.2) is 65.9 Å². The summed E-state index contributed by atoms with van der Waals surface area (Å²) in [5.74, 6) is -0.864. The van der Waals surface area contributed by atoms with Crippen LogP contribution in [0.2, 0.25) is 0 Å². The number of carbonyl (C=O) groups is 2. The van der Waals surface area contributed by atoms with Gasteiger partial charge in [-0.05, 0) is 29.8 Å². The first-order chi connectivity index (χ1) is 16.0. The molecule has 1 heterocycles. The molecule has 0 radical (unpaired) electrons. The van der Waals surface area contributed by atoms with Gasteiger partial charge in [0.25, 0.3) is 5.91 Å². The van der Waals surface area contributed by atoms with E-state index in [4.69, 9.17) is 19.3 Å². The number of aliphatic hydroxyl groups excluding tert-OH is 2. The Kier molecular flexibility index (Phi) is 8.23. The minimum absolute atomic E-state index is 0.0547. The highest BCUT2D eigenvalue weighted by atomic mass is 16.5. The monoisotopic (exact) mass is 453 g/mol. The molecule has 0 aliphatic carbocycles. The third-order valence-corrected chi connectivity index (χ3v) is 5.24. The molecule has 33 heavy (non-hydrogen) atoms. The highest BCUT2D eigenvalue weighted by molar-refractivity contribution is 6.14. The van der Waals surface area contributed by atoms with Crippen molar-refractivity contribution in [2.75, 3.05) is 40.6 Å². The fourth-order valence-corrected chi connectivity index (χ4v) is 3.67. The molecule has 2 aromatic carbocycles. The van der Waals surface area contributed by atoms with Crippen LogP contribution in [0.25, 0.3) is 6.08 Å². The maximum Gasteiger partial charge on any atom is 0.290 e.